The van der Waals surface area contributed by atoms with E-state index >= 15 is 0 Å². The average molecular weight is 99.1 g/mol. The molecule has 1 aliphatic rings. The summed E-state index contributed by atoms with van der Waals surface area (Å²) in [5.74, 6) is 0. The van der Waals surface area contributed by atoms with Crippen LogP contribution in [0.5, 0.6) is 0 Å². The Morgan fingerprint density at radius 1 is 1.71 bits per heavy atom. The zero-order chi connectivity index (χ0) is 5.11. The molecule has 1 heterocycles. The van der Waals surface area contributed by atoms with Gasteiger partial charge < -0.3 is 4.74 Å². The van der Waals surface area contributed by atoms with Gasteiger partial charge >= 0.3 is 6.02 Å². The van der Waals surface area contributed by atoms with Crippen LogP contribution in [0.4, 0.5) is 0 Å². The van der Waals surface area contributed by atoms with Gasteiger partial charge in [0, 0.05) is 13.0 Å². The van der Waals surface area contributed by atoms with E-state index in [0.717, 1.165) is 13.0 Å². The lowest BCUT2D eigenvalue weighted by Crippen LogP contribution is -2.26. The molecule has 0 amide bonds. The normalized spacial score (nSPS) is 20.3. The van der Waals surface area contributed by atoms with Crippen LogP contribution in [0.3, 0.4) is 0 Å². The Hall–Kier alpha value is -0.730. The summed E-state index contributed by atoms with van der Waals surface area (Å²) >= 11 is 0. The van der Waals surface area contributed by atoms with E-state index in [9.17, 15) is 0 Å². The van der Waals surface area contributed by atoms with Crippen LogP contribution in [0.1, 0.15) is 6.42 Å². The van der Waals surface area contributed by atoms with Gasteiger partial charge in [-0.05, 0) is 0 Å². The van der Waals surface area contributed by atoms with E-state index in [1.165, 1.54) is 0 Å². The van der Waals surface area contributed by atoms with Crippen molar-refractivity contribution < 1.29 is 4.74 Å². The SMILES string of the molecule is N=C1[N]CCCO1. The van der Waals surface area contributed by atoms with Crippen molar-refractivity contribution in [2.75, 3.05) is 13.2 Å². The smallest absolute Gasteiger partial charge is 0.303 e. The van der Waals surface area contributed by atoms with Crippen molar-refractivity contribution in [3.05, 3.63) is 0 Å². The molecule has 39 valence electrons. The van der Waals surface area contributed by atoms with Gasteiger partial charge in [0.25, 0.3) is 0 Å². The van der Waals surface area contributed by atoms with Crippen LogP contribution in [0.15, 0.2) is 0 Å². The lowest BCUT2D eigenvalue weighted by molar-refractivity contribution is 0.252. The molecular formula is C4H7N2O. The number of hydrogen-bond donors (Lipinski definition) is 1. The average Bonchev–Trinajstić information content (AvgIpc) is 1.69. The minimum atomic E-state index is 0.0891. The topological polar surface area (TPSA) is 47.2 Å². The van der Waals surface area contributed by atoms with Gasteiger partial charge in [-0.1, -0.05) is 0 Å². The van der Waals surface area contributed by atoms with Crippen molar-refractivity contribution in [3.63, 3.8) is 0 Å². The highest BCUT2D eigenvalue weighted by Gasteiger charge is 2.03. The molecule has 1 aliphatic heterocycles. The Labute approximate surface area is 42.2 Å². The Kier molecular flexibility index (Phi) is 1.15. The molecule has 0 aromatic heterocycles. The van der Waals surface area contributed by atoms with E-state index in [2.05, 4.69) is 5.32 Å². The van der Waals surface area contributed by atoms with Gasteiger partial charge in [-0.25, -0.2) is 10.7 Å². The fraction of sp³-hybridized carbons (Fsp3) is 0.750. The maximum absolute atomic E-state index is 6.80. The number of ether oxygens (including phenoxy) is 1. The largest absolute Gasteiger partial charge is 0.464 e. The Morgan fingerprint density at radius 3 is 2.86 bits per heavy atom. The summed E-state index contributed by atoms with van der Waals surface area (Å²) in [6, 6.07) is 0.0891. The van der Waals surface area contributed by atoms with Gasteiger partial charge in [-0.15, -0.1) is 0 Å². The molecule has 1 fully saturated rings. The molecule has 1 saturated heterocycles. The molecule has 0 aromatic rings. The Balaban J connectivity index is 2.25. The monoisotopic (exact) mass is 99.1 g/mol. The Morgan fingerprint density at radius 2 is 2.57 bits per heavy atom. The molecule has 1 rings (SSSR count). The number of rotatable bonds is 0. The molecule has 0 bridgehead atoms. The van der Waals surface area contributed by atoms with Crippen LogP contribution < -0.4 is 5.32 Å². The molecule has 0 aromatic carbocycles. The van der Waals surface area contributed by atoms with Crippen molar-refractivity contribution in [3.8, 4) is 0 Å². The third-order valence-electron chi connectivity index (χ3n) is 0.797. The maximum Gasteiger partial charge on any atom is 0.303 e. The number of hydrogen-bond acceptors (Lipinski definition) is 2. The maximum atomic E-state index is 6.80. The summed E-state index contributed by atoms with van der Waals surface area (Å²) in [7, 11) is 0. The van der Waals surface area contributed by atoms with Crippen LogP contribution in [-0.2, 0) is 4.74 Å². The quantitative estimate of drug-likeness (QED) is 0.454. The number of amidine groups is 1. The first kappa shape index (κ1) is 4.43. The van der Waals surface area contributed by atoms with Crippen LogP contribution in [0.25, 0.3) is 0 Å². The highest BCUT2D eigenvalue weighted by molar-refractivity contribution is 5.69. The minimum absolute atomic E-state index is 0.0891. The predicted octanol–water partition coefficient (Wildman–Crippen LogP) is -0.0541. The van der Waals surface area contributed by atoms with E-state index in [4.69, 9.17) is 10.1 Å². The summed E-state index contributed by atoms with van der Waals surface area (Å²) in [5, 5.41) is 10.5. The van der Waals surface area contributed by atoms with E-state index in [1.54, 1.807) is 0 Å². The summed E-state index contributed by atoms with van der Waals surface area (Å²) in [5.41, 5.74) is 0. The molecule has 0 saturated carbocycles. The van der Waals surface area contributed by atoms with Gasteiger partial charge in [0.2, 0.25) is 0 Å². The van der Waals surface area contributed by atoms with E-state index in [-0.39, 0.29) is 6.02 Å². The first-order valence-electron chi connectivity index (χ1n) is 2.28. The molecule has 0 unspecified atom stereocenters. The summed E-state index contributed by atoms with van der Waals surface area (Å²) in [6.07, 6.45) is 0.961. The van der Waals surface area contributed by atoms with Crippen molar-refractivity contribution in [1.29, 1.82) is 5.41 Å². The fourth-order valence-electron chi connectivity index (χ4n) is 0.460. The lowest BCUT2D eigenvalue weighted by Gasteiger charge is -2.11. The first-order chi connectivity index (χ1) is 3.39. The van der Waals surface area contributed by atoms with E-state index in [0.29, 0.717) is 6.61 Å². The molecule has 3 nitrogen and oxygen atoms in total. The third kappa shape index (κ3) is 1.07. The summed E-state index contributed by atoms with van der Waals surface area (Å²) < 4.78 is 4.69. The highest BCUT2D eigenvalue weighted by Crippen LogP contribution is 1.89. The van der Waals surface area contributed by atoms with E-state index in [1.807, 2.05) is 0 Å². The lowest BCUT2D eigenvalue weighted by atomic mass is 10.4. The Bertz CT molecular complexity index is 73.8. The molecule has 1 radical (unpaired) electrons. The third-order valence-corrected chi connectivity index (χ3v) is 0.797. The van der Waals surface area contributed by atoms with Crippen molar-refractivity contribution >= 4 is 6.02 Å². The van der Waals surface area contributed by atoms with Crippen LogP contribution in [0, 0.1) is 5.41 Å². The van der Waals surface area contributed by atoms with Crippen LogP contribution >= 0.6 is 0 Å². The van der Waals surface area contributed by atoms with Gasteiger partial charge in [0.15, 0.2) is 0 Å². The molecule has 0 aliphatic carbocycles. The van der Waals surface area contributed by atoms with Crippen molar-refractivity contribution in [2.45, 2.75) is 6.42 Å². The second kappa shape index (κ2) is 1.82. The zero-order valence-corrected chi connectivity index (χ0v) is 3.98. The van der Waals surface area contributed by atoms with Crippen LogP contribution in [0.2, 0.25) is 0 Å². The van der Waals surface area contributed by atoms with Crippen molar-refractivity contribution in [1.82, 2.24) is 5.32 Å². The van der Waals surface area contributed by atoms with Gasteiger partial charge in [0.1, 0.15) is 0 Å². The minimum Gasteiger partial charge on any atom is -0.464 e. The van der Waals surface area contributed by atoms with Crippen LogP contribution in [-0.4, -0.2) is 19.2 Å². The van der Waals surface area contributed by atoms with Gasteiger partial charge in [-0.3, -0.25) is 0 Å². The standard InChI is InChI=1S/C4H7N2O/c5-4-6-2-1-3-7-4/h5H,1-3H2. The molecule has 7 heavy (non-hydrogen) atoms. The second-order valence-corrected chi connectivity index (χ2v) is 1.39. The number of nitrogens with one attached hydrogen (secondary N) is 1. The highest BCUT2D eigenvalue weighted by atomic mass is 16.5. The zero-order valence-electron chi connectivity index (χ0n) is 3.98. The molecule has 0 spiro atoms. The number of nitrogens with zero attached hydrogens (tertiary/aromatic N) is 1. The molecule has 0 atom stereocenters. The molecule has 3 heteroatoms. The fourth-order valence-corrected chi connectivity index (χ4v) is 0.460. The molecule has 1 N–H and O–H groups in total. The van der Waals surface area contributed by atoms with Gasteiger partial charge in [0.05, 0.1) is 6.61 Å². The van der Waals surface area contributed by atoms with Crippen molar-refractivity contribution in [2.24, 2.45) is 0 Å². The molecular weight excluding hydrogens is 92.1 g/mol. The predicted molar refractivity (Wildman–Crippen MR) is 25.3 cm³/mol. The van der Waals surface area contributed by atoms with Gasteiger partial charge in [-0.2, -0.15) is 0 Å². The van der Waals surface area contributed by atoms with E-state index < -0.39 is 0 Å². The summed E-state index contributed by atoms with van der Waals surface area (Å²) in [6.45, 7) is 1.43. The first-order valence-corrected chi connectivity index (χ1v) is 2.28. The second-order valence-electron chi connectivity index (χ2n) is 1.39. The summed E-state index contributed by atoms with van der Waals surface area (Å²) in [4.78, 5) is 0.